The summed E-state index contributed by atoms with van der Waals surface area (Å²) in [7, 11) is 1.68. The van der Waals surface area contributed by atoms with Gasteiger partial charge in [0.05, 0.1) is 12.0 Å². The van der Waals surface area contributed by atoms with Gasteiger partial charge in [0, 0.05) is 7.05 Å². The number of nitrogens with zero attached hydrogens (tertiary/aromatic N) is 2. The van der Waals surface area contributed by atoms with E-state index in [0.29, 0.717) is 0 Å². The van der Waals surface area contributed by atoms with Gasteiger partial charge in [0.1, 0.15) is 0 Å². The molecule has 3 atom stereocenters. The van der Waals surface area contributed by atoms with Crippen LogP contribution in [0.1, 0.15) is 38.7 Å². The maximum Gasteiger partial charge on any atom is 0.230 e. The Bertz CT molecular complexity index is 488. The molecular formula is C16H25N3O2. The molecule has 0 aliphatic carbocycles. The van der Waals surface area contributed by atoms with Gasteiger partial charge in [0.2, 0.25) is 5.91 Å². The fraction of sp³-hybridized carbons (Fsp3) is 0.500. The van der Waals surface area contributed by atoms with Crippen LogP contribution >= 0.6 is 0 Å². The van der Waals surface area contributed by atoms with Gasteiger partial charge in [-0.2, -0.15) is 0 Å². The number of benzene rings is 1. The molecule has 3 N–H and O–H groups in total. The average molecular weight is 291 g/mol. The number of hydrogen-bond donors (Lipinski definition) is 2. The lowest BCUT2D eigenvalue weighted by Crippen LogP contribution is -2.46. The number of nitrogens with two attached hydrogens (primary N) is 1. The molecule has 3 unspecified atom stereocenters. The molecule has 1 amide bonds. The minimum absolute atomic E-state index is 0.0188. The standard InChI is InChI=1S/C16H25N3O2/c1-5-11(2)14(13-9-7-6-8-10-13)16(20)19(4)12(3)15(17)18-21/h6-12,14,21H,5H2,1-4H3,(H2,17,18). The van der Waals surface area contributed by atoms with E-state index in [1.54, 1.807) is 18.9 Å². The Balaban J connectivity index is 3.07. The molecule has 0 saturated carbocycles. The van der Waals surface area contributed by atoms with Gasteiger partial charge < -0.3 is 15.8 Å². The SMILES string of the molecule is CCC(C)C(C(=O)N(C)C(C)C(N)=NO)c1ccccc1. The first-order chi connectivity index (χ1) is 9.93. The van der Waals surface area contributed by atoms with E-state index in [4.69, 9.17) is 10.9 Å². The van der Waals surface area contributed by atoms with Crippen molar-refractivity contribution in [3.8, 4) is 0 Å². The third-order valence-electron chi connectivity index (χ3n) is 4.11. The molecular weight excluding hydrogens is 266 g/mol. The molecule has 0 aliphatic heterocycles. The highest BCUT2D eigenvalue weighted by Crippen LogP contribution is 2.29. The van der Waals surface area contributed by atoms with Crippen LogP contribution in [0, 0.1) is 5.92 Å². The lowest BCUT2D eigenvalue weighted by molar-refractivity contribution is -0.133. The first-order valence-corrected chi connectivity index (χ1v) is 7.23. The highest BCUT2D eigenvalue weighted by Gasteiger charge is 2.31. The molecule has 1 aromatic carbocycles. The van der Waals surface area contributed by atoms with Crippen molar-refractivity contribution in [2.24, 2.45) is 16.8 Å². The van der Waals surface area contributed by atoms with Crippen molar-refractivity contribution >= 4 is 11.7 Å². The molecule has 0 fully saturated rings. The van der Waals surface area contributed by atoms with E-state index in [9.17, 15) is 4.79 Å². The second-order valence-electron chi connectivity index (χ2n) is 5.42. The summed E-state index contributed by atoms with van der Waals surface area (Å²) in [6.45, 7) is 5.88. The van der Waals surface area contributed by atoms with E-state index in [2.05, 4.69) is 19.0 Å². The number of likely N-dealkylation sites (N-methyl/N-ethyl adjacent to an activating group) is 1. The van der Waals surface area contributed by atoms with E-state index < -0.39 is 6.04 Å². The van der Waals surface area contributed by atoms with Gasteiger partial charge in [-0.25, -0.2) is 0 Å². The van der Waals surface area contributed by atoms with Crippen molar-refractivity contribution < 1.29 is 10.0 Å². The van der Waals surface area contributed by atoms with Crippen LogP contribution in [0.15, 0.2) is 35.5 Å². The van der Waals surface area contributed by atoms with Crippen LogP contribution in [0.2, 0.25) is 0 Å². The maximum absolute atomic E-state index is 12.8. The van der Waals surface area contributed by atoms with E-state index >= 15 is 0 Å². The van der Waals surface area contributed by atoms with Gasteiger partial charge in [0.25, 0.3) is 0 Å². The number of oxime groups is 1. The smallest absolute Gasteiger partial charge is 0.230 e. The Kier molecular flexibility index (Phi) is 6.21. The highest BCUT2D eigenvalue weighted by atomic mass is 16.4. The Morgan fingerprint density at radius 3 is 2.38 bits per heavy atom. The molecule has 0 spiro atoms. The minimum atomic E-state index is -0.447. The van der Waals surface area contributed by atoms with Crippen molar-refractivity contribution in [1.29, 1.82) is 0 Å². The highest BCUT2D eigenvalue weighted by molar-refractivity contribution is 5.91. The van der Waals surface area contributed by atoms with Gasteiger partial charge in [-0.1, -0.05) is 55.8 Å². The molecule has 0 bridgehead atoms. The monoisotopic (exact) mass is 291 g/mol. The van der Waals surface area contributed by atoms with E-state index in [1.807, 2.05) is 30.3 Å². The van der Waals surface area contributed by atoms with Crippen molar-refractivity contribution in [3.63, 3.8) is 0 Å². The summed E-state index contributed by atoms with van der Waals surface area (Å²) in [5.74, 6) is -0.00607. The summed E-state index contributed by atoms with van der Waals surface area (Å²) in [5.41, 5.74) is 6.60. The topological polar surface area (TPSA) is 78.9 Å². The molecule has 0 saturated heterocycles. The Hall–Kier alpha value is -2.04. The molecule has 0 radical (unpaired) electrons. The molecule has 5 nitrogen and oxygen atoms in total. The average Bonchev–Trinajstić information content (AvgIpc) is 2.53. The van der Waals surface area contributed by atoms with Crippen LogP contribution in [0.3, 0.4) is 0 Å². The fourth-order valence-electron chi connectivity index (χ4n) is 2.30. The fourth-order valence-corrected chi connectivity index (χ4v) is 2.30. The predicted octanol–water partition coefficient (Wildman–Crippen LogP) is 2.41. The molecule has 0 heterocycles. The number of carbonyl (C=O) groups is 1. The molecule has 1 aromatic rings. The Labute approximate surface area is 126 Å². The van der Waals surface area contributed by atoms with E-state index in [0.717, 1.165) is 12.0 Å². The molecule has 21 heavy (non-hydrogen) atoms. The number of carbonyl (C=O) groups excluding carboxylic acids is 1. The lowest BCUT2D eigenvalue weighted by Gasteiger charge is -2.31. The number of amidine groups is 1. The van der Waals surface area contributed by atoms with Gasteiger partial charge in [-0.05, 0) is 18.4 Å². The zero-order valence-electron chi connectivity index (χ0n) is 13.2. The molecule has 0 aliphatic rings. The van der Waals surface area contributed by atoms with Crippen LogP contribution in [0.25, 0.3) is 0 Å². The predicted molar refractivity (Wildman–Crippen MR) is 84.3 cm³/mol. The minimum Gasteiger partial charge on any atom is -0.409 e. The second kappa shape index (κ2) is 7.67. The van der Waals surface area contributed by atoms with Crippen molar-refractivity contribution in [1.82, 2.24) is 4.90 Å². The van der Waals surface area contributed by atoms with Gasteiger partial charge in [-0.15, -0.1) is 0 Å². The van der Waals surface area contributed by atoms with Crippen LogP contribution in [0.5, 0.6) is 0 Å². The maximum atomic E-state index is 12.8. The summed E-state index contributed by atoms with van der Waals surface area (Å²) in [5, 5.41) is 11.8. The van der Waals surface area contributed by atoms with Crippen LogP contribution in [0.4, 0.5) is 0 Å². The van der Waals surface area contributed by atoms with E-state index in [-0.39, 0.29) is 23.6 Å². The zero-order chi connectivity index (χ0) is 16.0. The van der Waals surface area contributed by atoms with Gasteiger partial charge in [0.15, 0.2) is 5.84 Å². The normalized spacial score (nSPS) is 16.1. The van der Waals surface area contributed by atoms with Crippen molar-refractivity contribution in [3.05, 3.63) is 35.9 Å². The molecule has 5 heteroatoms. The second-order valence-corrected chi connectivity index (χ2v) is 5.42. The Morgan fingerprint density at radius 2 is 1.90 bits per heavy atom. The van der Waals surface area contributed by atoms with Crippen LogP contribution in [-0.2, 0) is 4.79 Å². The lowest BCUT2D eigenvalue weighted by atomic mass is 9.84. The van der Waals surface area contributed by atoms with Gasteiger partial charge in [-0.3, -0.25) is 4.79 Å². The van der Waals surface area contributed by atoms with Crippen molar-refractivity contribution in [2.45, 2.75) is 39.2 Å². The first kappa shape index (κ1) is 17.0. The Morgan fingerprint density at radius 1 is 1.33 bits per heavy atom. The van der Waals surface area contributed by atoms with Crippen molar-refractivity contribution in [2.75, 3.05) is 7.05 Å². The summed E-state index contributed by atoms with van der Waals surface area (Å²) >= 11 is 0. The zero-order valence-corrected chi connectivity index (χ0v) is 13.2. The number of rotatable bonds is 6. The van der Waals surface area contributed by atoms with E-state index in [1.165, 1.54) is 0 Å². The third kappa shape index (κ3) is 3.97. The van der Waals surface area contributed by atoms with Crippen LogP contribution in [-0.4, -0.2) is 34.9 Å². The third-order valence-corrected chi connectivity index (χ3v) is 4.11. The first-order valence-electron chi connectivity index (χ1n) is 7.23. The molecule has 1 rings (SSSR count). The summed E-state index contributed by atoms with van der Waals surface area (Å²) in [6.07, 6.45) is 0.900. The van der Waals surface area contributed by atoms with Gasteiger partial charge >= 0.3 is 0 Å². The summed E-state index contributed by atoms with van der Waals surface area (Å²) in [4.78, 5) is 14.4. The number of hydrogen-bond acceptors (Lipinski definition) is 3. The summed E-state index contributed by atoms with van der Waals surface area (Å²) in [6, 6.07) is 9.30. The quantitative estimate of drug-likeness (QED) is 0.365. The molecule has 116 valence electrons. The summed E-state index contributed by atoms with van der Waals surface area (Å²) < 4.78 is 0. The molecule has 0 aromatic heterocycles. The largest absolute Gasteiger partial charge is 0.409 e. The van der Waals surface area contributed by atoms with Crippen LogP contribution < -0.4 is 5.73 Å². The number of amides is 1.